The molecule has 0 saturated heterocycles. The number of carbonyl (C=O) groups excluding carboxylic acids is 1. The maximum absolute atomic E-state index is 12.9. The van der Waals surface area contributed by atoms with Crippen LogP contribution in [0.3, 0.4) is 0 Å². The lowest BCUT2D eigenvalue weighted by Crippen LogP contribution is -2.27. The van der Waals surface area contributed by atoms with Gasteiger partial charge in [0, 0.05) is 36.1 Å². The van der Waals surface area contributed by atoms with Crippen molar-refractivity contribution in [3.8, 4) is 23.0 Å². The molecule has 1 amide bonds. The number of methoxy groups -OCH3 is 1. The molecule has 0 saturated carbocycles. The number of aromatic hydroxyl groups is 3. The molecule has 0 fully saturated rings. The van der Waals surface area contributed by atoms with E-state index in [1.165, 1.54) is 25.3 Å². The number of nitrogens with one attached hydrogen (secondary N) is 2. The first kappa shape index (κ1) is 23.7. The predicted molar refractivity (Wildman–Crippen MR) is 129 cm³/mol. The molecule has 0 aliphatic carbocycles. The van der Waals surface area contributed by atoms with Crippen LogP contribution in [0.1, 0.15) is 35.0 Å². The first-order valence-electron chi connectivity index (χ1n) is 11.0. The van der Waals surface area contributed by atoms with Crippen LogP contribution >= 0.6 is 0 Å². The molecule has 9 nitrogen and oxygen atoms in total. The van der Waals surface area contributed by atoms with E-state index >= 15 is 0 Å². The topological polar surface area (TPSA) is 145 Å². The van der Waals surface area contributed by atoms with E-state index in [1.807, 2.05) is 6.20 Å². The Bertz CT molecular complexity index is 1440. The maximum atomic E-state index is 12.9. The summed E-state index contributed by atoms with van der Waals surface area (Å²) in [6.07, 6.45) is 2.24. The van der Waals surface area contributed by atoms with Gasteiger partial charge in [0.05, 0.1) is 13.0 Å². The molecule has 0 aliphatic rings. The van der Waals surface area contributed by atoms with Crippen molar-refractivity contribution in [2.75, 3.05) is 13.7 Å². The number of aromatic nitrogens is 1. The number of hydrogen-bond acceptors (Lipinski definition) is 7. The highest BCUT2D eigenvalue weighted by atomic mass is 16.5. The van der Waals surface area contributed by atoms with Crippen molar-refractivity contribution in [3.05, 3.63) is 81.5 Å². The Hall–Kier alpha value is -4.40. The summed E-state index contributed by atoms with van der Waals surface area (Å²) in [4.78, 5) is 28.2. The number of rotatable bonds is 8. The number of amides is 1. The fourth-order valence-electron chi connectivity index (χ4n) is 4.10. The number of hydrogen-bond donors (Lipinski definition) is 5. The molecule has 0 radical (unpaired) electrons. The van der Waals surface area contributed by atoms with Crippen molar-refractivity contribution in [3.63, 3.8) is 0 Å². The van der Waals surface area contributed by atoms with E-state index in [0.29, 0.717) is 24.3 Å². The second-order valence-electron chi connectivity index (χ2n) is 8.27. The number of carbonyl (C=O) groups is 1. The fraction of sp³-hybridized carbons (Fsp3) is 0.231. The Morgan fingerprint density at radius 2 is 1.94 bits per heavy atom. The van der Waals surface area contributed by atoms with E-state index in [2.05, 4.69) is 10.3 Å². The van der Waals surface area contributed by atoms with Crippen LogP contribution < -0.4 is 15.5 Å². The van der Waals surface area contributed by atoms with Crippen molar-refractivity contribution in [1.29, 1.82) is 0 Å². The SMILES string of the molecule is COc1cc([C@H](CC(=O)NCCc2c[nH]c3ccc(O)cc23)c2oc(C)cc(=O)c2O)ccc1O. The molecule has 0 aliphatic heterocycles. The summed E-state index contributed by atoms with van der Waals surface area (Å²) >= 11 is 0. The van der Waals surface area contributed by atoms with Crippen molar-refractivity contribution < 1.29 is 29.3 Å². The zero-order chi connectivity index (χ0) is 25.1. The lowest BCUT2D eigenvalue weighted by molar-refractivity contribution is -0.121. The molecule has 35 heavy (non-hydrogen) atoms. The highest BCUT2D eigenvalue weighted by molar-refractivity contribution is 5.84. The van der Waals surface area contributed by atoms with Crippen LogP contribution in [0.15, 0.2) is 57.9 Å². The van der Waals surface area contributed by atoms with Gasteiger partial charge in [0.1, 0.15) is 11.5 Å². The lowest BCUT2D eigenvalue weighted by Gasteiger charge is -2.19. The van der Waals surface area contributed by atoms with E-state index < -0.39 is 17.1 Å². The third-order valence-corrected chi connectivity index (χ3v) is 5.85. The minimum Gasteiger partial charge on any atom is -0.508 e. The second kappa shape index (κ2) is 9.84. The van der Waals surface area contributed by atoms with Crippen LogP contribution in [0.5, 0.6) is 23.0 Å². The highest BCUT2D eigenvalue weighted by Crippen LogP contribution is 2.37. The summed E-state index contributed by atoms with van der Waals surface area (Å²) in [5.41, 5.74) is 1.74. The molecule has 0 bridgehead atoms. The van der Waals surface area contributed by atoms with Gasteiger partial charge in [-0.25, -0.2) is 0 Å². The zero-order valence-electron chi connectivity index (χ0n) is 19.3. The molecule has 9 heteroatoms. The largest absolute Gasteiger partial charge is 0.508 e. The molecule has 2 aromatic heterocycles. The van der Waals surface area contributed by atoms with Crippen molar-refractivity contribution in [2.45, 2.75) is 25.7 Å². The van der Waals surface area contributed by atoms with E-state index in [9.17, 15) is 24.9 Å². The van der Waals surface area contributed by atoms with Gasteiger partial charge in [-0.05, 0) is 54.8 Å². The number of phenolic OH excluding ortho intramolecular Hbond substituents is 2. The quantitative estimate of drug-likeness (QED) is 0.261. The van der Waals surface area contributed by atoms with Gasteiger partial charge in [-0.2, -0.15) is 0 Å². The molecular weight excluding hydrogens is 452 g/mol. The van der Waals surface area contributed by atoms with Crippen LogP contribution in [-0.4, -0.2) is 39.9 Å². The molecule has 1 atom stereocenters. The summed E-state index contributed by atoms with van der Waals surface area (Å²) in [6, 6.07) is 10.7. The van der Waals surface area contributed by atoms with Gasteiger partial charge < -0.3 is 34.8 Å². The standard InChI is InChI=1S/C26H26N2O7/c1-14-9-22(31)25(33)26(35-14)19(15-3-6-21(30)23(10-15)34-2)12-24(32)27-8-7-16-13-28-20-5-4-17(29)11-18(16)20/h3-6,9-11,13,19,28-30,33H,7-8,12H2,1-2H3,(H,27,32)/t19-/m0/s1. The van der Waals surface area contributed by atoms with Gasteiger partial charge in [-0.15, -0.1) is 0 Å². The molecule has 5 N–H and O–H groups in total. The van der Waals surface area contributed by atoms with Crippen LogP contribution in [0.4, 0.5) is 0 Å². The Kier molecular flexibility index (Phi) is 6.68. The van der Waals surface area contributed by atoms with Gasteiger partial charge in [0.2, 0.25) is 17.1 Å². The third kappa shape index (κ3) is 5.08. The highest BCUT2D eigenvalue weighted by Gasteiger charge is 2.26. The number of fused-ring (bicyclic) bond motifs is 1. The van der Waals surface area contributed by atoms with E-state index in [4.69, 9.17) is 9.15 Å². The fourth-order valence-corrected chi connectivity index (χ4v) is 4.10. The predicted octanol–water partition coefficient (Wildman–Crippen LogP) is 3.44. The van der Waals surface area contributed by atoms with Gasteiger partial charge >= 0.3 is 0 Å². The average molecular weight is 479 g/mol. The molecule has 4 aromatic rings. The van der Waals surface area contributed by atoms with Crippen molar-refractivity contribution >= 4 is 16.8 Å². The molecule has 2 aromatic carbocycles. The Morgan fingerprint density at radius 3 is 2.71 bits per heavy atom. The average Bonchev–Trinajstić information content (AvgIpc) is 3.22. The van der Waals surface area contributed by atoms with E-state index in [1.54, 1.807) is 31.2 Å². The van der Waals surface area contributed by atoms with Gasteiger partial charge in [-0.3, -0.25) is 9.59 Å². The van der Waals surface area contributed by atoms with Crippen molar-refractivity contribution in [1.82, 2.24) is 10.3 Å². The minimum atomic E-state index is -0.804. The van der Waals surface area contributed by atoms with E-state index in [0.717, 1.165) is 16.5 Å². The van der Waals surface area contributed by atoms with Gasteiger partial charge in [0.15, 0.2) is 17.3 Å². The Morgan fingerprint density at radius 1 is 1.14 bits per heavy atom. The smallest absolute Gasteiger partial charge is 0.227 e. The third-order valence-electron chi connectivity index (χ3n) is 5.85. The first-order chi connectivity index (χ1) is 16.8. The number of phenols is 2. The first-order valence-corrected chi connectivity index (χ1v) is 11.0. The van der Waals surface area contributed by atoms with Crippen LogP contribution in [-0.2, 0) is 11.2 Å². The second-order valence-corrected chi connectivity index (χ2v) is 8.27. The van der Waals surface area contributed by atoms with Crippen LogP contribution in [0, 0.1) is 6.92 Å². The molecular formula is C26H26N2O7. The Labute approximate surface area is 200 Å². The summed E-state index contributed by atoms with van der Waals surface area (Å²) < 4.78 is 10.8. The molecule has 0 spiro atoms. The van der Waals surface area contributed by atoms with Crippen molar-refractivity contribution in [2.24, 2.45) is 0 Å². The molecule has 0 unspecified atom stereocenters. The lowest BCUT2D eigenvalue weighted by atomic mass is 9.91. The van der Waals surface area contributed by atoms with Gasteiger partial charge in [-0.1, -0.05) is 6.07 Å². The summed E-state index contributed by atoms with van der Waals surface area (Å²) in [5.74, 6) is -1.18. The summed E-state index contributed by atoms with van der Waals surface area (Å²) in [6.45, 7) is 1.91. The number of aromatic amines is 1. The Balaban J connectivity index is 1.55. The van der Waals surface area contributed by atoms with E-state index in [-0.39, 0.29) is 35.3 Å². The summed E-state index contributed by atoms with van der Waals surface area (Å²) in [7, 11) is 1.40. The zero-order valence-corrected chi connectivity index (χ0v) is 19.3. The van der Waals surface area contributed by atoms with Gasteiger partial charge in [0.25, 0.3) is 0 Å². The maximum Gasteiger partial charge on any atom is 0.227 e. The van der Waals surface area contributed by atoms with Crippen LogP contribution in [0.2, 0.25) is 0 Å². The molecule has 4 rings (SSSR count). The number of aryl methyl sites for hydroxylation is 1. The minimum absolute atomic E-state index is 0.0370. The monoisotopic (exact) mass is 478 g/mol. The number of H-pyrrole nitrogens is 1. The molecule has 182 valence electrons. The molecule has 2 heterocycles. The summed E-state index contributed by atoms with van der Waals surface area (Å²) in [5, 5.41) is 33.9. The normalized spacial score (nSPS) is 11.9. The number of ether oxygens (including phenoxy) is 1. The van der Waals surface area contributed by atoms with Crippen LogP contribution in [0.25, 0.3) is 10.9 Å². The number of benzene rings is 2.